The SMILES string of the molecule is CCCCCC=C1SC(=O)NC1=O. The van der Waals surface area contributed by atoms with Crippen molar-refractivity contribution in [3.63, 3.8) is 0 Å². The number of rotatable bonds is 4. The molecule has 2 amide bonds. The molecule has 1 fully saturated rings. The van der Waals surface area contributed by atoms with E-state index in [9.17, 15) is 9.59 Å². The summed E-state index contributed by atoms with van der Waals surface area (Å²) >= 11 is 0.993. The van der Waals surface area contributed by atoms with E-state index < -0.39 is 0 Å². The Kier molecular flexibility index (Phi) is 4.02. The van der Waals surface area contributed by atoms with Crippen LogP contribution in [0.5, 0.6) is 0 Å². The Bertz CT molecular complexity index is 248. The van der Waals surface area contributed by atoms with Crippen molar-refractivity contribution in [2.24, 2.45) is 0 Å². The molecule has 1 rings (SSSR count). The maximum absolute atomic E-state index is 11.0. The van der Waals surface area contributed by atoms with Crippen LogP contribution >= 0.6 is 11.8 Å². The molecule has 0 spiro atoms. The first-order valence-corrected chi connectivity index (χ1v) is 5.29. The molecule has 0 aromatic carbocycles. The van der Waals surface area contributed by atoms with Gasteiger partial charge in [0, 0.05) is 0 Å². The zero-order valence-corrected chi connectivity index (χ0v) is 8.45. The fraction of sp³-hybridized carbons (Fsp3) is 0.556. The average molecular weight is 199 g/mol. The Morgan fingerprint density at radius 1 is 1.38 bits per heavy atom. The highest BCUT2D eigenvalue weighted by Gasteiger charge is 2.24. The Balaban J connectivity index is 2.34. The second-order valence-corrected chi connectivity index (χ2v) is 3.92. The lowest BCUT2D eigenvalue weighted by Gasteiger charge is -1.93. The molecule has 0 saturated carbocycles. The molecule has 0 aliphatic carbocycles. The van der Waals surface area contributed by atoms with Gasteiger partial charge in [0.1, 0.15) is 0 Å². The highest BCUT2D eigenvalue weighted by Crippen LogP contribution is 2.23. The molecule has 4 heteroatoms. The lowest BCUT2D eigenvalue weighted by atomic mass is 10.2. The number of carbonyl (C=O) groups is 2. The quantitative estimate of drug-likeness (QED) is 0.558. The Labute approximate surface area is 82.0 Å². The second-order valence-electron chi connectivity index (χ2n) is 2.91. The third-order valence-electron chi connectivity index (χ3n) is 1.78. The van der Waals surface area contributed by atoms with Gasteiger partial charge in [0.25, 0.3) is 11.1 Å². The number of amides is 2. The van der Waals surface area contributed by atoms with Crippen LogP contribution in [0.25, 0.3) is 0 Å². The van der Waals surface area contributed by atoms with Crippen molar-refractivity contribution >= 4 is 22.9 Å². The molecule has 72 valence electrons. The molecule has 1 aliphatic heterocycles. The Hall–Kier alpha value is -0.770. The maximum atomic E-state index is 11.0. The van der Waals surface area contributed by atoms with E-state index in [1.54, 1.807) is 0 Å². The molecule has 1 saturated heterocycles. The fourth-order valence-corrected chi connectivity index (χ4v) is 1.78. The zero-order valence-electron chi connectivity index (χ0n) is 7.63. The van der Waals surface area contributed by atoms with E-state index in [0.29, 0.717) is 4.91 Å². The first-order valence-electron chi connectivity index (χ1n) is 4.47. The number of allylic oxidation sites excluding steroid dienone is 1. The minimum atomic E-state index is -0.258. The molecule has 1 N–H and O–H groups in total. The van der Waals surface area contributed by atoms with Crippen LogP contribution in [0.2, 0.25) is 0 Å². The number of hydrogen-bond donors (Lipinski definition) is 1. The van der Waals surface area contributed by atoms with Crippen LogP contribution < -0.4 is 5.32 Å². The Morgan fingerprint density at radius 2 is 2.15 bits per heavy atom. The third-order valence-corrected chi connectivity index (χ3v) is 2.64. The summed E-state index contributed by atoms with van der Waals surface area (Å²) in [5.74, 6) is -0.244. The van der Waals surface area contributed by atoms with E-state index in [1.807, 2.05) is 6.08 Å². The molecule has 0 unspecified atom stereocenters. The summed E-state index contributed by atoms with van der Waals surface area (Å²) in [4.78, 5) is 22.3. The summed E-state index contributed by atoms with van der Waals surface area (Å²) in [5, 5.41) is 1.97. The second kappa shape index (κ2) is 5.07. The highest BCUT2D eigenvalue weighted by atomic mass is 32.2. The lowest BCUT2D eigenvalue weighted by Crippen LogP contribution is -2.17. The van der Waals surface area contributed by atoms with E-state index in [1.165, 1.54) is 12.8 Å². The predicted molar refractivity (Wildman–Crippen MR) is 53.4 cm³/mol. The smallest absolute Gasteiger partial charge is 0.282 e. The van der Waals surface area contributed by atoms with Crippen molar-refractivity contribution in [2.75, 3.05) is 0 Å². The van der Waals surface area contributed by atoms with Crippen molar-refractivity contribution in [3.05, 3.63) is 11.0 Å². The van der Waals surface area contributed by atoms with Gasteiger partial charge in [0.2, 0.25) is 0 Å². The lowest BCUT2D eigenvalue weighted by molar-refractivity contribution is -0.115. The molecule has 1 heterocycles. The third kappa shape index (κ3) is 3.22. The fourth-order valence-electron chi connectivity index (χ4n) is 1.09. The number of unbranched alkanes of at least 4 members (excludes halogenated alkanes) is 3. The normalized spacial score (nSPS) is 19.6. The molecule has 13 heavy (non-hydrogen) atoms. The summed E-state index contributed by atoms with van der Waals surface area (Å²) in [6, 6.07) is 0. The van der Waals surface area contributed by atoms with Crippen LogP contribution in [0.15, 0.2) is 11.0 Å². The standard InChI is InChI=1S/C9H13NO2S/c1-2-3-4-5-6-7-8(11)10-9(12)13-7/h6H,2-5H2,1H3,(H,10,11,12). The summed E-state index contributed by atoms with van der Waals surface area (Å²) in [6.07, 6.45) is 6.16. The number of nitrogens with one attached hydrogen (secondary N) is 1. The summed E-state index contributed by atoms with van der Waals surface area (Å²) in [6.45, 7) is 2.13. The van der Waals surface area contributed by atoms with Crippen molar-refractivity contribution in [2.45, 2.75) is 32.6 Å². The van der Waals surface area contributed by atoms with Crippen molar-refractivity contribution in [1.29, 1.82) is 0 Å². The van der Waals surface area contributed by atoms with E-state index in [0.717, 1.165) is 24.6 Å². The monoisotopic (exact) mass is 199 g/mol. The number of hydrogen-bond acceptors (Lipinski definition) is 3. The van der Waals surface area contributed by atoms with Crippen LogP contribution in [0.4, 0.5) is 4.79 Å². The Morgan fingerprint density at radius 3 is 2.69 bits per heavy atom. The van der Waals surface area contributed by atoms with Gasteiger partial charge < -0.3 is 0 Å². The van der Waals surface area contributed by atoms with Crippen LogP contribution in [-0.2, 0) is 4.79 Å². The van der Waals surface area contributed by atoms with E-state index in [4.69, 9.17) is 0 Å². The maximum Gasteiger partial charge on any atom is 0.290 e. The summed E-state index contributed by atoms with van der Waals surface area (Å²) < 4.78 is 0. The minimum absolute atomic E-state index is 0.244. The molecule has 0 bridgehead atoms. The van der Waals surface area contributed by atoms with Crippen molar-refractivity contribution in [1.82, 2.24) is 5.32 Å². The van der Waals surface area contributed by atoms with Gasteiger partial charge in [0.15, 0.2) is 0 Å². The van der Waals surface area contributed by atoms with Gasteiger partial charge >= 0.3 is 0 Å². The largest absolute Gasteiger partial charge is 0.290 e. The van der Waals surface area contributed by atoms with E-state index in [-0.39, 0.29) is 11.1 Å². The summed E-state index contributed by atoms with van der Waals surface area (Å²) in [5.41, 5.74) is 0. The first kappa shape index (κ1) is 10.3. The van der Waals surface area contributed by atoms with Crippen LogP contribution in [0.1, 0.15) is 32.6 Å². The molecule has 3 nitrogen and oxygen atoms in total. The van der Waals surface area contributed by atoms with Gasteiger partial charge in [-0.25, -0.2) is 0 Å². The van der Waals surface area contributed by atoms with Crippen LogP contribution in [0, 0.1) is 0 Å². The topological polar surface area (TPSA) is 46.2 Å². The average Bonchev–Trinajstić information content (AvgIpc) is 2.39. The van der Waals surface area contributed by atoms with Gasteiger partial charge in [-0.3, -0.25) is 14.9 Å². The highest BCUT2D eigenvalue weighted by molar-refractivity contribution is 8.18. The molecular weight excluding hydrogens is 186 g/mol. The minimum Gasteiger partial charge on any atom is -0.282 e. The molecule has 0 aromatic rings. The predicted octanol–water partition coefficient (Wildman–Crippen LogP) is 2.43. The number of thioether (sulfide) groups is 1. The molecule has 0 aromatic heterocycles. The van der Waals surface area contributed by atoms with Crippen molar-refractivity contribution in [3.8, 4) is 0 Å². The van der Waals surface area contributed by atoms with Gasteiger partial charge in [0.05, 0.1) is 4.91 Å². The van der Waals surface area contributed by atoms with Crippen molar-refractivity contribution < 1.29 is 9.59 Å². The van der Waals surface area contributed by atoms with Gasteiger partial charge in [-0.1, -0.05) is 25.8 Å². The van der Waals surface area contributed by atoms with Crippen LogP contribution in [-0.4, -0.2) is 11.1 Å². The molecular formula is C9H13NO2S. The molecule has 0 radical (unpaired) electrons. The van der Waals surface area contributed by atoms with E-state index >= 15 is 0 Å². The molecule has 1 aliphatic rings. The number of imide groups is 1. The van der Waals surface area contributed by atoms with Crippen LogP contribution in [0.3, 0.4) is 0 Å². The zero-order chi connectivity index (χ0) is 9.68. The first-order chi connectivity index (χ1) is 6.24. The van der Waals surface area contributed by atoms with E-state index in [2.05, 4.69) is 12.2 Å². The van der Waals surface area contributed by atoms with Gasteiger partial charge in [-0.15, -0.1) is 0 Å². The van der Waals surface area contributed by atoms with Gasteiger partial charge in [-0.2, -0.15) is 0 Å². The number of carbonyl (C=O) groups excluding carboxylic acids is 2. The van der Waals surface area contributed by atoms with Gasteiger partial charge in [-0.05, 0) is 24.6 Å². The summed E-state index contributed by atoms with van der Waals surface area (Å²) in [7, 11) is 0. The molecule has 0 atom stereocenters.